The number of amides is 2. The Morgan fingerprint density at radius 2 is 1.73 bits per heavy atom. The molecule has 1 aliphatic carbocycles. The van der Waals surface area contributed by atoms with Crippen LogP contribution in [0, 0.1) is 0 Å². The molecule has 0 spiro atoms. The molecular formula is C19H17ClN2O4. The summed E-state index contributed by atoms with van der Waals surface area (Å²) in [6.45, 7) is -0.352. The van der Waals surface area contributed by atoms with E-state index in [1.165, 1.54) is 6.07 Å². The van der Waals surface area contributed by atoms with Crippen LogP contribution in [-0.4, -0.2) is 30.4 Å². The van der Waals surface area contributed by atoms with Gasteiger partial charge in [-0.15, -0.1) is 0 Å². The molecule has 1 fully saturated rings. The molecule has 0 radical (unpaired) electrons. The van der Waals surface area contributed by atoms with Crippen molar-refractivity contribution in [2.75, 3.05) is 11.9 Å². The highest BCUT2D eigenvalue weighted by Crippen LogP contribution is 2.19. The Hall–Kier alpha value is -2.86. The summed E-state index contributed by atoms with van der Waals surface area (Å²) in [6.07, 6.45) is 1.92. The number of anilines is 1. The molecule has 2 aromatic rings. The summed E-state index contributed by atoms with van der Waals surface area (Å²) < 4.78 is 5.04. The van der Waals surface area contributed by atoms with Crippen molar-refractivity contribution in [3.8, 4) is 0 Å². The second kappa shape index (κ2) is 8.01. The van der Waals surface area contributed by atoms with Gasteiger partial charge < -0.3 is 15.4 Å². The van der Waals surface area contributed by atoms with Crippen molar-refractivity contribution in [1.82, 2.24) is 5.32 Å². The second-order valence-electron chi connectivity index (χ2n) is 5.92. The number of benzene rings is 2. The van der Waals surface area contributed by atoms with E-state index in [-0.39, 0.29) is 30.0 Å². The van der Waals surface area contributed by atoms with Crippen LogP contribution in [0.3, 0.4) is 0 Å². The fraction of sp³-hybridized carbons (Fsp3) is 0.211. The highest BCUT2D eigenvalue weighted by molar-refractivity contribution is 6.30. The summed E-state index contributed by atoms with van der Waals surface area (Å²) in [4.78, 5) is 36.2. The number of nitrogens with one attached hydrogen (secondary N) is 2. The van der Waals surface area contributed by atoms with Crippen LogP contribution in [0.2, 0.25) is 5.02 Å². The Bertz CT molecular complexity index is 832. The summed E-state index contributed by atoms with van der Waals surface area (Å²) in [5.41, 5.74) is 0.885. The van der Waals surface area contributed by atoms with Crippen LogP contribution in [0.1, 0.15) is 33.6 Å². The average molecular weight is 373 g/mol. The molecule has 0 unspecified atom stereocenters. The van der Waals surface area contributed by atoms with E-state index in [1.807, 2.05) is 0 Å². The van der Waals surface area contributed by atoms with Gasteiger partial charge in [0.2, 0.25) is 0 Å². The van der Waals surface area contributed by atoms with E-state index >= 15 is 0 Å². The molecule has 7 heteroatoms. The number of hydrogen-bond donors (Lipinski definition) is 2. The first-order chi connectivity index (χ1) is 12.5. The lowest BCUT2D eigenvalue weighted by Gasteiger charge is -2.11. The minimum atomic E-state index is -0.678. The van der Waals surface area contributed by atoms with Crippen LogP contribution in [0.15, 0.2) is 48.5 Å². The zero-order valence-electron chi connectivity index (χ0n) is 13.8. The molecule has 3 rings (SSSR count). The molecule has 0 atom stereocenters. The molecule has 26 heavy (non-hydrogen) atoms. The zero-order chi connectivity index (χ0) is 18.5. The monoisotopic (exact) mass is 372 g/mol. The highest BCUT2D eigenvalue weighted by atomic mass is 35.5. The lowest BCUT2D eigenvalue weighted by Crippen LogP contribution is -2.30. The van der Waals surface area contributed by atoms with Gasteiger partial charge in [-0.1, -0.05) is 23.7 Å². The van der Waals surface area contributed by atoms with Crippen LogP contribution in [0.4, 0.5) is 5.69 Å². The first kappa shape index (κ1) is 17.9. The number of halogens is 1. The Kier molecular flexibility index (Phi) is 5.53. The number of ether oxygens (including phenoxy) is 1. The van der Waals surface area contributed by atoms with E-state index in [0.717, 1.165) is 12.8 Å². The number of rotatable bonds is 6. The maximum atomic E-state index is 12.3. The van der Waals surface area contributed by atoms with E-state index < -0.39 is 5.97 Å². The fourth-order valence-electron chi connectivity index (χ4n) is 2.27. The topological polar surface area (TPSA) is 84.5 Å². The van der Waals surface area contributed by atoms with Crippen LogP contribution in [-0.2, 0) is 9.53 Å². The maximum Gasteiger partial charge on any atom is 0.340 e. The van der Waals surface area contributed by atoms with Gasteiger partial charge in [0.1, 0.15) is 0 Å². The first-order valence-corrected chi connectivity index (χ1v) is 8.53. The number of esters is 1. The molecule has 0 saturated heterocycles. The molecule has 2 N–H and O–H groups in total. The normalized spacial score (nSPS) is 13.0. The van der Waals surface area contributed by atoms with E-state index in [9.17, 15) is 14.4 Å². The molecule has 0 bridgehead atoms. The van der Waals surface area contributed by atoms with E-state index in [1.54, 1.807) is 42.5 Å². The maximum absolute atomic E-state index is 12.3. The Balaban J connectivity index is 1.64. The van der Waals surface area contributed by atoms with Crippen molar-refractivity contribution in [2.24, 2.45) is 0 Å². The van der Waals surface area contributed by atoms with Gasteiger partial charge in [-0.3, -0.25) is 9.59 Å². The van der Waals surface area contributed by atoms with Gasteiger partial charge in [-0.25, -0.2) is 4.79 Å². The molecule has 0 aromatic heterocycles. The van der Waals surface area contributed by atoms with Crippen molar-refractivity contribution in [3.63, 3.8) is 0 Å². The Labute approximate surface area is 155 Å². The summed E-state index contributed by atoms with van der Waals surface area (Å²) >= 11 is 5.81. The highest BCUT2D eigenvalue weighted by Gasteiger charge is 2.24. The second-order valence-corrected chi connectivity index (χ2v) is 6.36. The Morgan fingerprint density at radius 1 is 1.04 bits per heavy atom. The van der Waals surface area contributed by atoms with Crippen LogP contribution in [0.5, 0.6) is 0 Å². The van der Waals surface area contributed by atoms with E-state index in [4.69, 9.17) is 16.3 Å². The zero-order valence-corrected chi connectivity index (χ0v) is 14.6. The van der Waals surface area contributed by atoms with Crippen LogP contribution >= 0.6 is 11.6 Å². The molecule has 6 nitrogen and oxygen atoms in total. The first-order valence-electron chi connectivity index (χ1n) is 8.15. The molecule has 2 amide bonds. The van der Waals surface area contributed by atoms with Gasteiger partial charge in [-0.2, -0.15) is 0 Å². The SMILES string of the molecule is O=C(COC(=O)c1ccccc1NC(=O)c1ccc(Cl)cc1)NC1CC1. The van der Waals surface area contributed by atoms with Crippen LogP contribution < -0.4 is 10.6 Å². The molecular weight excluding hydrogens is 356 g/mol. The van der Waals surface area contributed by atoms with Gasteiger partial charge in [0, 0.05) is 16.6 Å². The number of hydrogen-bond acceptors (Lipinski definition) is 4. The van der Waals surface area contributed by atoms with Crippen molar-refractivity contribution >= 4 is 35.1 Å². The van der Waals surface area contributed by atoms with Gasteiger partial charge in [0.25, 0.3) is 11.8 Å². The summed E-state index contributed by atoms with van der Waals surface area (Å²) in [5, 5.41) is 5.93. The standard InChI is InChI=1S/C19H17ClN2O4/c20-13-7-5-12(6-8-13)18(24)22-16-4-2-1-3-15(16)19(25)26-11-17(23)21-14-9-10-14/h1-8,14H,9-11H2,(H,21,23)(H,22,24). The average Bonchev–Trinajstić information content (AvgIpc) is 3.44. The number of carbonyl (C=O) groups is 3. The molecule has 0 heterocycles. The molecule has 2 aromatic carbocycles. The number of carbonyl (C=O) groups excluding carboxylic acids is 3. The lowest BCUT2D eigenvalue weighted by atomic mass is 10.1. The lowest BCUT2D eigenvalue weighted by molar-refractivity contribution is -0.124. The third kappa shape index (κ3) is 4.83. The molecule has 1 aliphatic rings. The van der Waals surface area contributed by atoms with Crippen molar-refractivity contribution in [3.05, 3.63) is 64.7 Å². The largest absolute Gasteiger partial charge is 0.452 e. The van der Waals surface area contributed by atoms with Gasteiger partial charge in [-0.05, 0) is 49.2 Å². The predicted molar refractivity (Wildman–Crippen MR) is 97.3 cm³/mol. The summed E-state index contributed by atoms with van der Waals surface area (Å²) in [6, 6.07) is 13.0. The predicted octanol–water partition coefficient (Wildman–Crippen LogP) is 3.03. The number of para-hydroxylation sites is 1. The van der Waals surface area contributed by atoms with Crippen molar-refractivity contribution < 1.29 is 19.1 Å². The summed E-state index contributed by atoms with van der Waals surface area (Å²) in [7, 11) is 0. The smallest absolute Gasteiger partial charge is 0.340 e. The van der Waals surface area contributed by atoms with Crippen molar-refractivity contribution in [1.29, 1.82) is 0 Å². The van der Waals surface area contributed by atoms with Crippen LogP contribution in [0.25, 0.3) is 0 Å². The molecule has 134 valence electrons. The quantitative estimate of drug-likeness (QED) is 0.763. The minimum absolute atomic E-state index is 0.175. The molecule has 0 aliphatic heterocycles. The van der Waals surface area contributed by atoms with Crippen molar-refractivity contribution in [2.45, 2.75) is 18.9 Å². The third-order valence-corrected chi connectivity index (χ3v) is 4.03. The minimum Gasteiger partial charge on any atom is -0.452 e. The Morgan fingerprint density at radius 3 is 2.42 bits per heavy atom. The van der Waals surface area contributed by atoms with E-state index in [0.29, 0.717) is 16.3 Å². The van der Waals surface area contributed by atoms with Gasteiger partial charge in [0.05, 0.1) is 11.3 Å². The fourth-order valence-corrected chi connectivity index (χ4v) is 2.40. The van der Waals surface area contributed by atoms with E-state index in [2.05, 4.69) is 10.6 Å². The summed E-state index contributed by atoms with van der Waals surface area (Å²) in [5.74, 6) is -1.39. The van der Waals surface area contributed by atoms with Gasteiger partial charge in [0.15, 0.2) is 6.61 Å². The third-order valence-electron chi connectivity index (χ3n) is 3.78. The molecule has 1 saturated carbocycles. The van der Waals surface area contributed by atoms with Gasteiger partial charge >= 0.3 is 5.97 Å².